The molecule has 0 saturated carbocycles. The third kappa shape index (κ3) is 3.57. The smallest absolute Gasteiger partial charge is 0.255 e. The minimum atomic E-state index is -0.165. The van der Waals surface area contributed by atoms with Crippen LogP contribution in [0, 0.1) is 13.8 Å². The predicted molar refractivity (Wildman–Crippen MR) is 92.6 cm³/mol. The van der Waals surface area contributed by atoms with E-state index < -0.39 is 0 Å². The Kier molecular flexibility index (Phi) is 4.91. The molecule has 2 N–H and O–H groups in total. The minimum Gasteiger partial charge on any atom is -0.388 e. The van der Waals surface area contributed by atoms with E-state index in [9.17, 15) is 4.79 Å². The summed E-state index contributed by atoms with van der Waals surface area (Å²) in [4.78, 5) is 12.3. The standard InChI is InChI=1S/C16H16BrClN2O/c1-9-7-12(17)15(8-13(9)18)20-16(21)11-4-5-14(19-3)10(2)6-11/h4-8,19H,1-3H3,(H,20,21). The summed E-state index contributed by atoms with van der Waals surface area (Å²) in [5.41, 5.74) is 4.24. The highest BCUT2D eigenvalue weighted by Gasteiger charge is 2.11. The third-order valence-corrected chi connectivity index (χ3v) is 4.32. The summed E-state index contributed by atoms with van der Waals surface area (Å²) in [6, 6.07) is 9.16. The van der Waals surface area contributed by atoms with Gasteiger partial charge >= 0.3 is 0 Å². The molecule has 2 rings (SSSR count). The van der Waals surface area contributed by atoms with Crippen molar-refractivity contribution in [2.45, 2.75) is 13.8 Å². The van der Waals surface area contributed by atoms with Crippen molar-refractivity contribution in [2.24, 2.45) is 0 Å². The first-order valence-corrected chi connectivity index (χ1v) is 7.65. The van der Waals surface area contributed by atoms with Crippen LogP contribution >= 0.6 is 27.5 Å². The molecule has 0 bridgehead atoms. The molecule has 3 nitrogen and oxygen atoms in total. The van der Waals surface area contributed by atoms with Gasteiger partial charge in [-0.3, -0.25) is 4.79 Å². The highest BCUT2D eigenvalue weighted by molar-refractivity contribution is 9.10. The predicted octanol–water partition coefficient (Wildman–Crippen LogP) is 5.01. The molecule has 0 aromatic heterocycles. The average molecular weight is 368 g/mol. The summed E-state index contributed by atoms with van der Waals surface area (Å²) in [5, 5.41) is 6.57. The Bertz CT molecular complexity index is 701. The van der Waals surface area contributed by atoms with Crippen LogP contribution in [-0.4, -0.2) is 13.0 Å². The van der Waals surface area contributed by atoms with Crippen LogP contribution in [0.15, 0.2) is 34.8 Å². The summed E-state index contributed by atoms with van der Waals surface area (Å²) in [5.74, 6) is -0.165. The number of aryl methyl sites for hydroxylation is 2. The Morgan fingerprint density at radius 1 is 1.10 bits per heavy atom. The normalized spacial score (nSPS) is 10.3. The fraction of sp³-hybridized carbons (Fsp3) is 0.188. The van der Waals surface area contributed by atoms with Crippen LogP contribution in [0.4, 0.5) is 11.4 Å². The van der Waals surface area contributed by atoms with E-state index in [0.29, 0.717) is 16.3 Å². The van der Waals surface area contributed by atoms with Crippen molar-refractivity contribution >= 4 is 44.8 Å². The van der Waals surface area contributed by atoms with Crippen molar-refractivity contribution in [3.05, 3.63) is 56.5 Å². The van der Waals surface area contributed by atoms with Crippen LogP contribution in [0.5, 0.6) is 0 Å². The Balaban J connectivity index is 2.26. The number of amides is 1. The van der Waals surface area contributed by atoms with Crippen molar-refractivity contribution < 1.29 is 4.79 Å². The first kappa shape index (κ1) is 15.9. The second-order valence-electron chi connectivity index (χ2n) is 4.82. The SMILES string of the molecule is CNc1ccc(C(=O)Nc2cc(Cl)c(C)cc2Br)cc1C. The summed E-state index contributed by atoms with van der Waals surface area (Å²) >= 11 is 9.54. The lowest BCUT2D eigenvalue weighted by atomic mass is 10.1. The van der Waals surface area contributed by atoms with Crippen molar-refractivity contribution in [2.75, 3.05) is 17.7 Å². The molecule has 1 amide bonds. The molecule has 0 atom stereocenters. The lowest BCUT2D eigenvalue weighted by molar-refractivity contribution is 0.102. The van der Waals surface area contributed by atoms with Gasteiger partial charge in [-0.2, -0.15) is 0 Å². The summed E-state index contributed by atoms with van der Waals surface area (Å²) in [6.45, 7) is 3.87. The van der Waals surface area contributed by atoms with Crippen LogP contribution < -0.4 is 10.6 Å². The monoisotopic (exact) mass is 366 g/mol. The van der Waals surface area contributed by atoms with Crippen LogP contribution in [0.2, 0.25) is 5.02 Å². The second-order valence-corrected chi connectivity index (χ2v) is 6.08. The van der Waals surface area contributed by atoms with Gasteiger partial charge in [0.15, 0.2) is 0 Å². The fourth-order valence-electron chi connectivity index (χ4n) is 2.02. The topological polar surface area (TPSA) is 41.1 Å². The van der Waals surface area contributed by atoms with E-state index in [2.05, 4.69) is 26.6 Å². The Morgan fingerprint density at radius 2 is 1.81 bits per heavy atom. The van der Waals surface area contributed by atoms with Crippen molar-refractivity contribution in [3.8, 4) is 0 Å². The van der Waals surface area contributed by atoms with Crippen LogP contribution in [0.25, 0.3) is 0 Å². The van der Waals surface area contributed by atoms with E-state index in [-0.39, 0.29) is 5.91 Å². The molecule has 2 aromatic carbocycles. The first-order chi connectivity index (χ1) is 9.92. The minimum absolute atomic E-state index is 0.165. The van der Waals surface area contributed by atoms with Gasteiger partial charge < -0.3 is 10.6 Å². The van der Waals surface area contributed by atoms with Gasteiger partial charge in [0.1, 0.15) is 0 Å². The summed E-state index contributed by atoms with van der Waals surface area (Å²) < 4.78 is 0.807. The largest absolute Gasteiger partial charge is 0.388 e. The van der Waals surface area contributed by atoms with Gasteiger partial charge in [0.05, 0.1) is 5.69 Å². The fourth-order valence-corrected chi connectivity index (χ4v) is 2.74. The van der Waals surface area contributed by atoms with Gasteiger partial charge in [-0.1, -0.05) is 11.6 Å². The number of hydrogen-bond donors (Lipinski definition) is 2. The number of anilines is 2. The molecule has 0 aliphatic rings. The molecule has 0 aliphatic carbocycles. The van der Waals surface area contributed by atoms with E-state index in [0.717, 1.165) is 21.3 Å². The highest BCUT2D eigenvalue weighted by atomic mass is 79.9. The average Bonchev–Trinajstić information content (AvgIpc) is 2.44. The lowest BCUT2D eigenvalue weighted by Crippen LogP contribution is -2.13. The Labute approximate surface area is 137 Å². The number of rotatable bonds is 3. The molecular formula is C16H16BrClN2O. The lowest BCUT2D eigenvalue weighted by Gasteiger charge is -2.11. The number of nitrogens with one attached hydrogen (secondary N) is 2. The van der Waals surface area contributed by atoms with Gasteiger partial charge in [-0.25, -0.2) is 0 Å². The highest BCUT2D eigenvalue weighted by Crippen LogP contribution is 2.29. The molecule has 0 spiro atoms. The van der Waals surface area contributed by atoms with E-state index >= 15 is 0 Å². The van der Waals surface area contributed by atoms with Gasteiger partial charge in [0, 0.05) is 27.8 Å². The van der Waals surface area contributed by atoms with Gasteiger partial charge in [-0.05, 0) is 71.2 Å². The van der Waals surface area contributed by atoms with Crippen LogP contribution in [0.1, 0.15) is 21.5 Å². The number of carbonyl (C=O) groups is 1. The molecule has 110 valence electrons. The first-order valence-electron chi connectivity index (χ1n) is 6.47. The Morgan fingerprint density at radius 3 is 2.43 bits per heavy atom. The maximum atomic E-state index is 12.3. The number of benzene rings is 2. The van der Waals surface area contributed by atoms with Crippen LogP contribution in [0.3, 0.4) is 0 Å². The maximum absolute atomic E-state index is 12.3. The van der Waals surface area contributed by atoms with Gasteiger partial charge in [-0.15, -0.1) is 0 Å². The molecule has 2 aromatic rings. The molecule has 0 heterocycles. The van der Waals surface area contributed by atoms with Crippen molar-refractivity contribution in [3.63, 3.8) is 0 Å². The van der Waals surface area contributed by atoms with Gasteiger partial charge in [0.25, 0.3) is 5.91 Å². The Hall–Kier alpha value is -1.52. The summed E-state index contributed by atoms with van der Waals surface area (Å²) in [7, 11) is 1.85. The van der Waals surface area contributed by atoms with E-state index in [4.69, 9.17) is 11.6 Å². The van der Waals surface area contributed by atoms with E-state index in [1.807, 2.05) is 39.1 Å². The zero-order valence-corrected chi connectivity index (χ0v) is 14.4. The molecule has 5 heteroatoms. The second kappa shape index (κ2) is 6.50. The molecular weight excluding hydrogens is 352 g/mol. The zero-order chi connectivity index (χ0) is 15.6. The van der Waals surface area contributed by atoms with Gasteiger partial charge in [0.2, 0.25) is 0 Å². The van der Waals surface area contributed by atoms with Crippen molar-refractivity contribution in [1.29, 1.82) is 0 Å². The number of halogens is 2. The maximum Gasteiger partial charge on any atom is 0.255 e. The number of carbonyl (C=O) groups excluding carboxylic acids is 1. The third-order valence-electron chi connectivity index (χ3n) is 3.25. The molecule has 0 radical (unpaired) electrons. The molecule has 0 fully saturated rings. The van der Waals surface area contributed by atoms with E-state index in [1.165, 1.54) is 0 Å². The quantitative estimate of drug-likeness (QED) is 0.800. The van der Waals surface area contributed by atoms with E-state index in [1.54, 1.807) is 12.1 Å². The molecule has 0 unspecified atom stereocenters. The molecule has 0 saturated heterocycles. The molecule has 0 aliphatic heterocycles. The number of hydrogen-bond acceptors (Lipinski definition) is 2. The molecule has 21 heavy (non-hydrogen) atoms. The van der Waals surface area contributed by atoms with Crippen LogP contribution in [-0.2, 0) is 0 Å². The zero-order valence-electron chi connectivity index (χ0n) is 12.1. The summed E-state index contributed by atoms with van der Waals surface area (Å²) in [6.07, 6.45) is 0. The van der Waals surface area contributed by atoms with Crippen molar-refractivity contribution in [1.82, 2.24) is 0 Å².